The monoisotopic (exact) mass is 436 g/mol. The van der Waals surface area contributed by atoms with Gasteiger partial charge in [0, 0.05) is 0 Å². The van der Waals surface area contributed by atoms with Gasteiger partial charge >= 0.3 is 149 Å². The first kappa shape index (κ1) is 21.7. The summed E-state index contributed by atoms with van der Waals surface area (Å²) in [5.41, 5.74) is 0. The topological polar surface area (TPSA) is 27.7 Å². The molecule has 0 amide bonds. The molecule has 0 unspecified atom stereocenters. The molecule has 1 fully saturated rings. The second-order valence-electron chi connectivity index (χ2n) is 7.25. The van der Waals surface area contributed by atoms with Crippen LogP contribution in [0.1, 0.15) is 72.1 Å². The molecule has 1 aliphatic heterocycles. The van der Waals surface area contributed by atoms with Crippen LogP contribution in [0.15, 0.2) is 0 Å². The Kier molecular flexibility index (Phi) is 11.4. The molecule has 0 aromatic heterocycles. The van der Waals surface area contributed by atoms with Crippen molar-refractivity contribution < 1.29 is 14.2 Å². The zero-order valence-electron chi connectivity index (χ0n) is 16.1. The van der Waals surface area contributed by atoms with Gasteiger partial charge in [-0.2, -0.15) is 0 Å². The Morgan fingerprint density at radius 3 is 1.74 bits per heavy atom. The van der Waals surface area contributed by atoms with Crippen LogP contribution in [0.3, 0.4) is 0 Å². The van der Waals surface area contributed by atoms with Gasteiger partial charge in [0.15, 0.2) is 0 Å². The zero-order valence-corrected chi connectivity index (χ0v) is 19.0. The summed E-state index contributed by atoms with van der Waals surface area (Å²) < 4.78 is 22.3. The number of hydrogen-bond donors (Lipinski definition) is 0. The first-order chi connectivity index (χ1) is 11.2. The van der Waals surface area contributed by atoms with Gasteiger partial charge in [-0.05, 0) is 0 Å². The molecule has 1 rings (SSSR count). The summed E-state index contributed by atoms with van der Waals surface area (Å²) in [5, 5.41) is 0. The van der Waals surface area contributed by atoms with Crippen molar-refractivity contribution in [2.75, 3.05) is 27.1 Å². The summed E-state index contributed by atoms with van der Waals surface area (Å²) in [6.07, 6.45) is 10.3. The van der Waals surface area contributed by atoms with E-state index in [1.165, 1.54) is 51.8 Å². The summed E-state index contributed by atoms with van der Waals surface area (Å²) >= 11 is -2.46. The van der Waals surface area contributed by atoms with E-state index in [4.69, 9.17) is 14.2 Å². The van der Waals surface area contributed by atoms with Crippen molar-refractivity contribution in [3.8, 4) is 0 Å². The molecule has 0 N–H and O–H groups in total. The van der Waals surface area contributed by atoms with Crippen molar-refractivity contribution in [1.29, 1.82) is 0 Å². The van der Waals surface area contributed by atoms with Crippen molar-refractivity contribution in [2.24, 2.45) is 0 Å². The molecule has 0 atom stereocenters. The number of rotatable bonds is 13. The summed E-state index contributed by atoms with van der Waals surface area (Å²) in [6, 6.07) is 0. The number of methoxy groups -OCH3 is 1. The predicted molar refractivity (Wildman–Crippen MR) is 101 cm³/mol. The third kappa shape index (κ3) is 6.16. The first-order valence-electron chi connectivity index (χ1n) is 9.91. The van der Waals surface area contributed by atoms with Crippen molar-refractivity contribution >= 4 is 18.4 Å². The number of unbranched alkanes of at least 4 members (excludes halogenated alkanes) is 3. The van der Waals surface area contributed by atoms with E-state index in [-0.39, 0.29) is 3.62 Å². The van der Waals surface area contributed by atoms with E-state index in [1.54, 1.807) is 7.11 Å². The van der Waals surface area contributed by atoms with Crippen LogP contribution in [0.4, 0.5) is 0 Å². The second kappa shape index (κ2) is 12.1. The Hall–Kier alpha value is 0.679. The van der Waals surface area contributed by atoms with E-state index in [1.807, 2.05) is 0 Å². The summed E-state index contributed by atoms with van der Waals surface area (Å²) in [4.78, 5) is 0. The quantitative estimate of drug-likeness (QED) is 0.281. The van der Waals surface area contributed by atoms with E-state index in [0.717, 1.165) is 26.1 Å². The van der Waals surface area contributed by atoms with E-state index in [9.17, 15) is 0 Å². The fourth-order valence-corrected chi connectivity index (χ4v) is 23.8. The molecule has 0 aliphatic carbocycles. The van der Waals surface area contributed by atoms with Gasteiger partial charge < -0.3 is 0 Å². The minimum absolute atomic E-state index is 0.155. The Balaban J connectivity index is 3.09. The van der Waals surface area contributed by atoms with Crippen LogP contribution < -0.4 is 0 Å². The molecular formula is C19H40O3Sn. The Morgan fingerprint density at radius 1 is 0.870 bits per heavy atom. The van der Waals surface area contributed by atoms with E-state index >= 15 is 0 Å². The van der Waals surface area contributed by atoms with E-state index in [2.05, 4.69) is 20.8 Å². The first-order valence-corrected chi connectivity index (χ1v) is 17.4. The van der Waals surface area contributed by atoms with Crippen molar-refractivity contribution in [3.05, 3.63) is 0 Å². The molecule has 0 aromatic carbocycles. The number of ether oxygens (including phenoxy) is 3. The molecule has 0 radical (unpaired) electrons. The molecular weight excluding hydrogens is 395 g/mol. The maximum absolute atomic E-state index is 6.57. The molecule has 23 heavy (non-hydrogen) atoms. The van der Waals surface area contributed by atoms with Crippen LogP contribution >= 0.6 is 0 Å². The molecule has 3 nitrogen and oxygen atoms in total. The summed E-state index contributed by atoms with van der Waals surface area (Å²) in [6.45, 7) is 9.23. The molecule has 0 spiro atoms. The SMILES string of the molecule is CCC[CH2][Sn]([CH2]CCC)([CH2]CCC)[C]1(OCOC)CCOCC1. The van der Waals surface area contributed by atoms with Gasteiger partial charge in [0.1, 0.15) is 0 Å². The number of hydrogen-bond acceptors (Lipinski definition) is 3. The van der Waals surface area contributed by atoms with Crippen molar-refractivity contribution in [3.63, 3.8) is 0 Å². The molecule has 1 heterocycles. The van der Waals surface area contributed by atoms with E-state index in [0.29, 0.717) is 6.79 Å². The van der Waals surface area contributed by atoms with Crippen LogP contribution in [-0.4, -0.2) is 49.1 Å². The third-order valence-electron chi connectivity index (χ3n) is 5.75. The average Bonchev–Trinajstić information content (AvgIpc) is 2.60. The van der Waals surface area contributed by atoms with Gasteiger partial charge in [-0.1, -0.05) is 0 Å². The molecule has 0 saturated carbocycles. The standard InChI is InChI=1S/C7H13O3.3C4H9.Sn/c1-8-6-10-7-2-4-9-5-3-7;3*1-3-4-2;/h2-6H2,1H3;3*1,3-4H2,2H3;. The predicted octanol–water partition coefficient (Wildman–Crippen LogP) is 5.54. The summed E-state index contributed by atoms with van der Waals surface area (Å²) in [5.74, 6) is 0. The van der Waals surface area contributed by atoms with Crippen LogP contribution in [0.2, 0.25) is 13.3 Å². The molecule has 1 saturated heterocycles. The third-order valence-corrected chi connectivity index (χ3v) is 24.3. The minimum atomic E-state index is -2.46. The molecule has 138 valence electrons. The van der Waals surface area contributed by atoms with Crippen LogP contribution in [0, 0.1) is 0 Å². The molecule has 1 aliphatic rings. The second-order valence-corrected chi connectivity index (χ2v) is 21.4. The van der Waals surface area contributed by atoms with Crippen molar-refractivity contribution in [1.82, 2.24) is 0 Å². The Bertz CT molecular complexity index is 269. The maximum atomic E-state index is 6.57. The van der Waals surface area contributed by atoms with Gasteiger partial charge in [-0.3, -0.25) is 0 Å². The van der Waals surface area contributed by atoms with Gasteiger partial charge in [0.25, 0.3) is 0 Å². The van der Waals surface area contributed by atoms with E-state index < -0.39 is 18.4 Å². The molecule has 0 aromatic rings. The Morgan fingerprint density at radius 2 is 1.35 bits per heavy atom. The van der Waals surface area contributed by atoms with Gasteiger partial charge in [0.2, 0.25) is 0 Å². The molecule has 4 heteroatoms. The van der Waals surface area contributed by atoms with Gasteiger partial charge in [0.05, 0.1) is 0 Å². The van der Waals surface area contributed by atoms with Crippen LogP contribution in [0.25, 0.3) is 0 Å². The van der Waals surface area contributed by atoms with Crippen LogP contribution in [-0.2, 0) is 14.2 Å². The fourth-order valence-electron chi connectivity index (χ4n) is 4.30. The van der Waals surface area contributed by atoms with Crippen LogP contribution in [0.5, 0.6) is 0 Å². The van der Waals surface area contributed by atoms with Gasteiger partial charge in [-0.25, -0.2) is 0 Å². The zero-order chi connectivity index (χ0) is 17.0. The average molecular weight is 435 g/mol. The van der Waals surface area contributed by atoms with Crippen molar-refractivity contribution in [2.45, 2.75) is 89.1 Å². The Labute approximate surface area is 148 Å². The van der Waals surface area contributed by atoms with Gasteiger partial charge in [-0.15, -0.1) is 0 Å². The normalized spacial score (nSPS) is 18.3. The summed E-state index contributed by atoms with van der Waals surface area (Å²) in [7, 11) is 1.76. The molecule has 0 bridgehead atoms. The fraction of sp³-hybridized carbons (Fsp3) is 1.00.